The molecule has 0 unspecified atom stereocenters. The topological polar surface area (TPSA) is 12.5 Å². The molecule has 1 spiro atoms. The zero-order valence-electron chi connectivity index (χ0n) is 8.18. The van der Waals surface area contributed by atoms with Crippen molar-refractivity contribution in [1.29, 1.82) is 0 Å². The van der Waals surface area contributed by atoms with Crippen molar-refractivity contribution < 1.29 is 4.74 Å². The Balaban J connectivity index is 1.81. The van der Waals surface area contributed by atoms with E-state index in [-0.39, 0.29) is 0 Å². The molecule has 0 N–H and O–H groups in total. The Morgan fingerprint density at radius 2 is 2.17 bits per heavy atom. The van der Waals surface area contributed by atoms with Crippen LogP contribution in [-0.2, 0) is 4.74 Å². The molecular weight excluding hydrogens is 150 g/mol. The van der Waals surface area contributed by atoms with Crippen LogP contribution in [0.1, 0.15) is 26.7 Å². The second-order valence-corrected chi connectivity index (χ2v) is 4.66. The molecule has 0 bridgehead atoms. The van der Waals surface area contributed by atoms with E-state index < -0.39 is 0 Å². The molecule has 0 aromatic heterocycles. The minimum atomic E-state index is 0.300. The molecule has 2 heterocycles. The first-order valence-electron chi connectivity index (χ1n) is 5.07. The van der Waals surface area contributed by atoms with Crippen LogP contribution in [0.2, 0.25) is 0 Å². The van der Waals surface area contributed by atoms with E-state index in [1.807, 2.05) is 0 Å². The summed E-state index contributed by atoms with van der Waals surface area (Å²) in [7, 11) is 0. The van der Waals surface area contributed by atoms with Crippen molar-refractivity contribution in [3.05, 3.63) is 0 Å². The van der Waals surface area contributed by atoms with E-state index in [1.54, 1.807) is 0 Å². The first-order valence-corrected chi connectivity index (χ1v) is 5.07. The van der Waals surface area contributed by atoms with Gasteiger partial charge in [-0.15, -0.1) is 0 Å². The van der Waals surface area contributed by atoms with Crippen LogP contribution in [0.4, 0.5) is 0 Å². The average Bonchev–Trinajstić information content (AvgIpc) is 2.29. The van der Waals surface area contributed by atoms with Crippen LogP contribution in [0.25, 0.3) is 0 Å². The van der Waals surface area contributed by atoms with Crippen molar-refractivity contribution >= 4 is 0 Å². The third-order valence-corrected chi connectivity index (χ3v) is 2.98. The molecule has 70 valence electrons. The Kier molecular flexibility index (Phi) is 2.13. The SMILES string of the molecule is CC(C)CN1CC[C@]2(CCO2)C1. The molecule has 2 rings (SSSR count). The van der Waals surface area contributed by atoms with Crippen LogP contribution < -0.4 is 0 Å². The van der Waals surface area contributed by atoms with E-state index in [2.05, 4.69) is 18.7 Å². The Hall–Kier alpha value is -0.0800. The second-order valence-electron chi connectivity index (χ2n) is 4.66. The fourth-order valence-corrected chi connectivity index (χ4v) is 2.31. The van der Waals surface area contributed by atoms with Crippen LogP contribution in [0.15, 0.2) is 0 Å². The van der Waals surface area contributed by atoms with E-state index >= 15 is 0 Å². The summed E-state index contributed by atoms with van der Waals surface area (Å²) in [6, 6.07) is 0. The standard InChI is InChI=1S/C10H19NO/c1-9(2)7-11-5-3-10(8-11)4-6-12-10/h9H,3-8H2,1-2H3/t10-/m0/s1. The summed E-state index contributed by atoms with van der Waals surface area (Å²) in [4.78, 5) is 2.55. The van der Waals surface area contributed by atoms with E-state index in [4.69, 9.17) is 4.74 Å². The van der Waals surface area contributed by atoms with Crippen molar-refractivity contribution in [2.45, 2.75) is 32.3 Å². The van der Waals surface area contributed by atoms with Gasteiger partial charge in [0.2, 0.25) is 0 Å². The maximum absolute atomic E-state index is 5.65. The lowest BCUT2D eigenvalue weighted by atomic mass is 9.94. The summed E-state index contributed by atoms with van der Waals surface area (Å²) in [6.07, 6.45) is 2.56. The molecule has 0 aromatic rings. The first-order chi connectivity index (χ1) is 5.70. The summed E-state index contributed by atoms with van der Waals surface area (Å²) in [5.41, 5.74) is 0.300. The number of hydrogen-bond acceptors (Lipinski definition) is 2. The lowest BCUT2D eigenvalue weighted by molar-refractivity contribution is -0.137. The largest absolute Gasteiger partial charge is 0.373 e. The molecule has 0 amide bonds. The molecule has 1 atom stereocenters. The van der Waals surface area contributed by atoms with E-state index in [0.717, 1.165) is 12.5 Å². The monoisotopic (exact) mass is 169 g/mol. The molecule has 0 aromatic carbocycles. The van der Waals surface area contributed by atoms with Gasteiger partial charge in [0.05, 0.1) is 12.2 Å². The molecule has 2 fully saturated rings. The minimum absolute atomic E-state index is 0.300. The molecular formula is C10H19NO. The normalized spacial score (nSPS) is 36.2. The van der Waals surface area contributed by atoms with E-state index in [1.165, 1.54) is 32.5 Å². The molecule has 2 aliphatic heterocycles. The third kappa shape index (κ3) is 1.50. The van der Waals surface area contributed by atoms with Crippen molar-refractivity contribution in [3.8, 4) is 0 Å². The van der Waals surface area contributed by atoms with Crippen LogP contribution in [0.5, 0.6) is 0 Å². The first kappa shape index (κ1) is 8.52. The molecule has 0 aliphatic carbocycles. The maximum atomic E-state index is 5.65. The van der Waals surface area contributed by atoms with Crippen molar-refractivity contribution in [3.63, 3.8) is 0 Å². The zero-order valence-corrected chi connectivity index (χ0v) is 8.18. The minimum Gasteiger partial charge on any atom is -0.373 e. The van der Waals surface area contributed by atoms with Gasteiger partial charge in [-0.25, -0.2) is 0 Å². The lowest BCUT2D eigenvalue weighted by Crippen LogP contribution is -2.46. The molecule has 0 saturated carbocycles. The zero-order chi connectivity index (χ0) is 8.60. The molecule has 2 heteroatoms. The number of ether oxygens (including phenoxy) is 1. The van der Waals surface area contributed by atoms with Gasteiger partial charge in [0, 0.05) is 26.1 Å². The molecule has 2 nitrogen and oxygen atoms in total. The predicted octanol–water partition coefficient (Wildman–Crippen LogP) is 1.51. The van der Waals surface area contributed by atoms with Gasteiger partial charge in [0.25, 0.3) is 0 Å². The summed E-state index contributed by atoms with van der Waals surface area (Å²) in [5, 5.41) is 0. The van der Waals surface area contributed by atoms with Crippen LogP contribution in [-0.4, -0.2) is 36.7 Å². The van der Waals surface area contributed by atoms with Crippen LogP contribution in [0.3, 0.4) is 0 Å². The summed E-state index contributed by atoms with van der Waals surface area (Å²) in [6.45, 7) is 9.24. The number of hydrogen-bond donors (Lipinski definition) is 0. The highest BCUT2D eigenvalue weighted by atomic mass is 16.5. The lowest BCUT2D eigenvalue weighted by Gasteiger charge is -2.38. The molecule has 0 radical (unpaired) electrons. The smallest absolute Gasteiger partial charge is 0.0842 e. The number of likely N-dealkylation sites (tertiary alicyclic amines) is 1. The Morgan fingerprint density at radius 1 is 1.42 bits per heavy atom. The Morgan fingerprint density at radius 3 is 2.58 bits per heavy atom. The predicted molar refractivity (Wildman–Crippen MR) is 49.2 cm³/mol. The van der Waals surface area contributed by atoms with E-state index in [9.17, 15) is 0 Å². The van der Waals surface area contributed by atoms with Crippen LogP contribution >= 0.6 is 0 Å². The highest BCUT2D eigenvalue weighted by Gasteiger charge is 2.44. The van der Waals surface area contributed by atoms with Crippen molar-refractivity contribution in [2.75, 3.05) is 26.2 Å². The van der Waals surface area contributed by atoms with Gasteiger partial charge in [-0.1, -0.05) is 13.8 Å². The van der Waals surface area contributed by atoms with Crippen molar-refractivity contribution in [2.24, 2.45) is 5.92 Å². The fraction of sp³-hybridized carbons (Fsp3) is 1.00. The second kappa shape index (κ2) is 3.00. The average molecular weight is 169 g/mol. The van der Waals surface area contributed by atoms with Crippen LogP contribution in [0, 0.1) is 5.92 Å². The summed E-state index contributed by atoms with van der Waals surface area (Å²) < 4.78 is 5.65. The summed E-state index contributed by atoms with van der Waals surface area (Å²) in [5.74, 6) is 0.792. The van der Waals surface area contributed by atoms with Gasteiger partial charge in [0.15, 0.2) is 0 Å². The highest BCUT2D eigenvalue weighted by molar-refractivity contribution is 4.96. The number of rotatable bonds is 2. The van der Waals surface area contributed by atoms with Gasteiger partial charge in [0.1, 0.15) is 0 Å². The van der Waals surface area contributed by atoms with Gasteiger partial charge in [-0.3, -0.25) is 0 Å². The maximum Gasteiger partial charge on any atom is 0.0842 e. The van der Waals surface area contributed by atoms with Crippen molar-refractivity contribution in [1.82, 2.24) is 4.90 Å². The quantitative estimate of drug-likeness (QED) is 0.621. The molecule has 2 aliphatic rings. The highest BCUT2D eigenvalue weighted by Crippen LogP contribution is 2.35. The number of nitrogens with zero attached hydrogens (tertiary/aromatic N) is 1. The summed E-state index contributed by atoms with van der Waals surface area (Å²) >= 11 is 0. The molecule has 2 saturated heterocycles. The third-order valence-electron chi connectivity index (χ3n) is 2.98. The Labute approximate surface area is 74.9 Å². The van der Waals surface area contributed by atoms with E-state index in [0.29, 0.717) is 5.60 Å². The Bertz CT molecular complexity index is 163. The van der Waals surface area contributed by atoms with Gasteiger partial charge in [-0.2, -0.15) is 0 Å². The van der Waals surface area contributed by atoms with Gasteiger partial charge >= 0.3 is 0 Å². The fourth-order valence-electron chi connectivity index (χ4n) is 2.31. The van der Waals surface area contributed by atoms with Gasteiger partial charge < -0.3 is 9.64 Å². The molecule has 12 heavy (non-hydrogen) atoms. The van der Waals surface area contributed by atoms with Gasteiger partial charge in [-0.05, 0) is 12.3 Å².